The number of hydrogen-bond donors (Lipinski definition) is 2. The van der Waals surface area contributed by atoms with Crippen molar-refractivity contribution in [1.82, 2.24) is 15.5 Å². The van der Waals surface area contributed by atoms with E-state index in [2.05, 4.69) is 32.7 Å². The molecular weight excluding hydrogens is 505 g/mol. The zero-order valence-corrected chi connectivity index (χ0v) is 20.4. The van der Waals surface area contributed by atoms with Gasteiger partial charge in [0.15, 0.2) is 15.8 Å². The van der Waals surface area contributed by atoms with E-state index in [9.17, 15) is 13.2 Å². The van der Waals surface area contributed by atoms with Crippen LogP contribution in [0.1, 0.15) is 12.8 Å². The lowest BCUT2D eigenvalue weighted by Gasteiger charge is -2.20. The first-order valence-electron chi connectivity index (χ1n) is 9.48. The van der Waals surface area contributed by atoms with Gasteiger partial charge < -0.3 is 20.4 Å². The Morgan fingerprint density at radius 2 is 1.90 bits per heavy atom. The van der Waals surface area contributed by atoms with Gasteiger partial charge in [0.1, 0.15) is 6.54 Å². The molecule has 0 bridgehead atoms. The number of carbonyl (C=O) groups is 1. The maximum atomic E-state index is 11.8. The molecule has 0 aliphatic carbocycles. The van der Waals surface area contributed by atoms with E-state index in [1.54, 1.807) is 14.1 Å². The summed E-state index contributed by atoms with van der Waals surface area (Å²) in [5.74, 6) is 0.673. The molecule has 1 aliphatic heterocycles. The van der Waals surface area contributed by atoms with Crippen molar-refractivity contribution in [3.05, 3.63) is 30.3 Å². The van der Waals surface area contributed by atoms with Gasteiger partial charge in [-0.2, -0.15) is 0 Å². The van der Waals surface area contributed by atoms with Crippen molar-refractivity contribution < 1.29 is 13.2 Å². The number of benzene rings is 1. The van der Waals surface area contributed by atoms with Crippen LogP contribution in [-0.2, 0) is 14.6 Å². The molecule has 164 valence electrons. The summed E-state index contributed by atoms with van der Waals surface area (Å²) in [6.45, 7) is 1.54. The number of halogens is 1. The van der Waals surface area contributed by atoms with Crippen LogP contribution in [-0.4, -0.2) is 83.5 Å². The molecule has 1 amide bonds. The van der Waals surface area contributed by atoms with Gasteiger partial charge in [-0.25, -0.2) is 13.4 Å². The summed E-state index contributed by atoms with van der Waals surface area (Å²) in [5, 5.41) is 6.38. The van der Waals surface area contributed by atoms with Crippen molar-refractivity contribution in [2.24, 2.45) is 4.99 Å². The van der Waals surface area contributed by atoms with Crippen molar-refractivity contribution >= 4 is 51.4 Å². The molecule has 1 aromatic carbocycles. The van der Waals surface area contributed by atoms with Crippen LogP contribution in [0.4, 0.5) is 5.69 Å². The molecule has 0 aromatic heterocycles. The lowest BCUT2D eigenvalue weighted by molar-refractivity contribution is -0.127. The zero-order chi connectivity index (χ0) is 20.6. The number of anilines is 1. The van der Waals surface area contributed by atoms with E-state index in [4.69, 9.17) is 0 Å². The quantitative estimate of drug-likeness (QED) is 0.222. The van der Waals surface area contributed by atoms with Crippen molar-refractivity contribution in [1.29, 1.82) is 0 Å². The Labute approximate surface area is 191 Å². The molecule has 29 heavy (non-hydrogen) atoms. The fraction of sp³-hybridized carbons (Fsp3) is 0.579. The number of amides is 1. The Bertz CT molecular complexity index is 771. The standard InChI is InChI=1S/C19H31N5O3S.HI/c1-23(2)18(25)14-21-19(22-16-10-13-28(26,27)15-16)20-11-7-12-24(3)17-8-5-4-6-9-17;/h4-6,8-9,16H,7,10-15H2,1-3H3,(H2,20,21,22);1H. The van der Waals surface area contributed by atoms with Crippen molar-refractivity contribution in [3.8, 4) is 0 Å². The van der Waals surface area contributed by atoms with Crippen molar-refractivity contribution in [2.45, 2.75) is 18.9 Å². The fourth-order valence-corrected chi connectivity index (χ4v) is 4.55. The smallest absolute Gasteiger partial charge is 0.243 e. The number of guanidine groups is 1. The summed E-state index contributed by atoms with van der Waals surface area (Å²) in [5.41, 5.74) is 1.15. The highest BCUT2D eigenvalue weighted by molar-refractivity contribution is 14.0. The van der Waals surface area contributed by atoms with Crippen LogP contribution < -0.4 is 15.5 Å². The summed E-state index contributed by atoms with van der Waals surface area (Å²) in [6, 6.07) is 9.97. The highest BCUT2D eigenvalue weighted by Crippen LogP contribution is 2.12. The van der Waals surface area contributed by atoms with Gasteiger partial charge in [-0.15, -0.1) is 24.0 Å². The molecule has 1 unspecified atom stereocenters. The van der Waals surface area contributed by atoms with Gasteiger partial charge >= 0.3 is 0 Å². The van der Waals surface area contributed by atoms with E-state index in [-0.39, 0.29) is 54.0 Å². The average molecular weight is 537 g/mol. The Morgan fingerprint density at radius 3 is 2.48 bits per heavy atom. The number of para-hydroxylation sites is 1. The van der Waals surface area contributed by atoms with Crippen LogP contribution in [0.2, 0.25) is 0 Å². The second-order valence-corrected chi connectivity index (χ2v) is 9.46. The van der Waals surface area contributed by atoms with Gasteiger partial charge in [0.25, 0.3) is 0 Å². The van der Waals surface area contributed by atoms with E-state index in [1.165, 1.54) is 4.90 Å². The minimum absolute atomic E-state index is 0. The first-order valence-corrected chi connectivity index (χ1v) is 11.3. The van der Waals surface area contributed by atoms with E-state index in [0.717, 1.165) is 18.7 Å². The molecule has 1 aromatic rings. The van der Waals surface area contributed by atoms with Crippen LogP contribution >= 0.6 is 24.0 Å². The second kappa shape index (κ2) is 12.2. The first-order chi connectivity index (χ1) is 13.3. The van der Waals surface area contributed by atoms with E-state index < -0.39 is 9.84 Å². The molecule has 1 saturated heterocycles. The predicted octanol–water partition coefficient (Wildman–Crippen LogP) is 0.941. The minimum atomic E-state index is -2.98. The molecule has 0 radical (unpaired) electrons. The molecule has 1 atom stereocenters. The van der Waals surface area contributed by atoms with E-state index in [0.29, 0.717) is 18.9 Å². The lowest BCUT2D eigenvalue weighted by atomic mass is 10.2. The molecule has 2 N–H and O–H groups in total. The fourth-order valence-electron chi connectivity index (χ4n) is 2.88. The number of sulfone groups is 1. The first kappa shape index (κ1) is 25.5. The predicted molar refractivity (Wildman–Crippen MR) is 129 cm³/mol. The molecule has 1 aliphatic rings. The SMILES string of the molecule is CN(C)C(=O)CN=C(NCCCN(C)c1ccccc1)NC1CCS(=O)(=O)C1.I. The van der Waals surface area contributed by atoms with Gasteiger partial charge in [0.2, 0.25) is 5.91 Å². The number of aliphatic imine (C=N–C) groups is 1. The van der Waals surface area contributed by atoms with E-state index >= 15 is 0 Å². The zero-order valence-electron chi connectivity index (χ0n) is 17.3. The highest BCUT2D eigenvalue weighted by atomic mass is 127. The maximum Gasteiger partial charge on any atom is 0.243 e. The Kier molecular flexibility index (Phi) is 10.7. The topological polar surface area (TPSA) is 94.1 Å². The van der Waals surface area contributed by atoms with Crippen LogP contribution in [0, 0.1) is 0 Å². The number of hydrogen-bond acceptors (Lipinski definition) is 5. The summed E-state index contributed by atoms with van der Waals surface area (Å²) in [4.78, 5) is 19.8. The minimum Gasteiger partial charge on any atom is -0.375 e. The second-order valence-electron chi connectivity index (χ2n) is 7.23. The van der Waals surface area contributed by atoms with Crippen LogP contribution in [0.25, 0.3) is 0 Å². The summed E-state index contributed by atoms with van der Waals surface area (Å²) < 4.78 is 23.4. The number of likely N-dealkylation sites (N-methyl/N-ethyl adjacent to an activating group) is 1. The number of nitrogens with zero attached hydrogens (tertiary/aromatic N) is 3. The van der Waals surface area contributed by atoms with Crippen LogP contribution in [0.15, 0.2) is 35.3 Å². The average Bonchev–Trinajstić information content (AvgIpc) is 3.01. The molecule has 10 heteroatoms. The van der Waals surface area contributed by atoms with Crippen LogP contribution in [0.5, 0.6) is 0 Å². The number of carbonyl (C=O) groups excluding carboxylic acids is 1. The molecular formula is C19H32IN5O3S. The Hall–Kier alpha value is -1.56. The largest absolute Gasteiger partial charge is 0.375 e. The van der Waals surface area contributed by atoms with Gasteiger partial charge in [0.05, 0.1) is 11.5 Å². The lowest BCUT2D eigenvalue weighted by Crippen LogP contribution is -2.45. The molecule has 1 heterocycles. The molecule has 2 rings (SSSR count). The third-order valence-corrected chi connectivity index (χ3v) is 6.37. The molecule has 8 nitrogen and oxygen atoms in total. The van der Waals surface area contributed by atoms with Gasteiger partial charge in [-0.1, -0.05) is 18.2 Å². The van der Waals surface area contributed by atoms with Gasteiger partial charge in [-0.3, -0.25) is 4.79 Å². The summed E-state index contributed by atoms with van der Waals surface area (Å²) in [7, 11) is 2.43. The highest BCUT2D eigenvalue weighted by Gasteiger charge is 2.28. The summed E-state index contributed by atoms with van der Waals surface area (Å²) in [6.07, 6.45) is 1.43. The number of rotatable bonds is 8. The Balaban J connectivity index is 0.00000420. The van der Waals surface area contributed by atoms with Crippen LogP contribution in [0.3, 0.4) is 0 Å². The normalized spacial score (nSPS) is 17.9. The van der Waals surface area contributed by atoms with E-state index in [1.807, 2.05) is 25.2 Å². The van der Waals surface area contributed by atoms with Gasteiger partial charge in [-0.05, 0) is 25.0 Å². The molecule has 0 spiro atoms. The van der Waals surface area contributed by atoms with Gasteiger partial charge in [0, 0.05) is 46.0 Å². The third kappa shape index (κ3) is 9.20. The monoisotopic (exact) mass is 537 g/mol. The Morgan fingerprint density at radius 1 is 1.21 bits per heavy atom. The summed E-state index contributed by atoms with van der Waals surface area (Å²) >= 11 is 0. The van der Waals surface area contributed by atoms with Crippen molar-refractivity contribution in [2.75, 3.05) is 57.2 Å². The molecule has 1 fully saturated rings. The number of nitrogens with one attached hydrogen (secondary N) is 2. The van der Waals surface area contributed by atoms with Crippen molar-refractivity contribution in [3.63, 3.8) is 0 Å². The molecule has 0 saturated carbocycles. The third-order valence-electron chi connectivity index (χ3n) is 4.60. The maximum absolute atomic E-state index is 11.8.